The Labute approximate surface area is 201 Å². The van der Waals surface area contributed by atoms with Crippen molar-refractivity contribution in [2.24, 2.45) is 11.8 Å². The zero-order valence-electron chi connectivity index (χ0n) is 19.9. The molecule has 3 rings (SSSR count). The quantitative estimate of drug-likeness (QED) is 0.249. The molecule has 0 aliphatic carbocycles. The Hall–Kier alpha value is -1.80. The second kappa shape index (κ2) is 11.1. The van der Waals surface area contributed by atoms with E-state index in [-0.39, 0.29) is 35.7 Å². The molecule has 1 N–H and O–H groups in total. The lowest BCUT2D eigenvalue weighted by atomic mass is 9.71. The van der Waals surface area contributed by atoms with E-state index in [0.717, 1.165) is 32.1 Å². The van der Waals surface area contributed by atoms with Gasteiger partial charge in [-0.05, 0) is 52.4 Å². The number of esters is 1. The molecule has 2 unspecified atom stereocenters. The van der Waals surface area contributed by atoms with Gasteiger partial charge in [-0.1, -0.05) is 12.2 Å². The lowest BCUT2D eigenvalue weighted by Crippen LogP contribution is -2.56. The minimum absolute atomic E-state index is 0.00169. The molecular weight excluding hydrogens is 440 g/mol. The van der Waals surface area contributed by atoms with E-state index in [2.05, 4.69) is 13.2 Å². The van der Waals surface area contributed by atoms with Gasteiger partial charge in [0.15, 0.2) is 0 Å². The number of fused-ring (bicyclic) bond motifs is 1. The number of allylic oxidation sites excluding steroid dienone is 1. The minimum Gasteiger partial charge on any atom is -0.465 e. The highest BCUT2D eigenvalue weighted by atomic mass is 32.2. The van der Waals surface area contributed by atoms with Gasteiger partial charge in [-0.25, -0.2) is 0 Å². The number of hydrogen-bond donors (Lipinski definition) is 1. The molecule has 3 aliphatic rings. The van der Waals surface area contributed by atoms with Gasteiger partial charge >= 0.3 is 5.97 Å². The van der Waals surface area contributed by atoms with Crippen molar-refractivity contribution >= 4 is 29.5 Å². The molecule has 2 bridgehead atoms. The molecule has 0 radical (unpaired) electrons. The number of aliphatic hydroxyl groups excluding tert-OH is 1. The first-order valence-electron chi connectivity index (χ1n) is 12.1. The normalized spacial score (nSPS) is 29.9. The lowest BCUT2D eigenvalue weighted by molar-refractivity contribution is -0.154. The van der Waals surface area contributed by atoms with Crippen molar-refractivity contribution in [3.63, 3.8) is 0 Å². The van der Waals surface area contributed by atoms with Crippen LogP contribution >= 0.6 is 11.8 Å². The van der Waals surface area contributed by atoms with Gasteiger partial charge < -0.3 is 19.6 Å². The molecule has 1 spiro atoms. The van der Waals surface area contributed by atoms with Crippen LogP contribution in [0.3, 0.4) is 0 Å². The third-order valence-electron chi connectivity index (χ3n) is 7.14. The van der Waals surface area contributed by atoms with E-state index in [0.29, 0.717) is 26.1 Å². The molecule has 0 aromatic carbocycles. The highest BCUT2D eigenvalue weighted by molar-refractivity contribution is 8.02. The second-order valence-electron chi connectivity index (χ2n) is 9.49. The molecule has 3 aliphatic heterocycles. The van der Waals surface area contributed by atoms with Crippen molar-refractivity contribution in [1.29, 1.82) is 0 Å². The Bertz CT molecular complexity index is 772. The fourth-order valence-electron chi connectivity index (χ4n) is 5.69. The van der Waals surface area contributed by atoms with Crippen LogP contribution in [-0.4, -0.2) is 81.1 Å². The maximum atomic E-state index is 13.9. The van der Waals surface area contributed by atoms with Gasteiger partial charge in [-0.2, -0.15) is 0 Å². The van der Waals surface area contributed by atoms with Gasteiger partial charge in [0.25, 0.3) is 0 Å². The Morgan fingerprint density at radius 3 is 2.70 bits per heavy atom. The largest absolute Gasteiger partial charge is 0.465 e. The molecular formula is C25H38N2O5S. The molecule has 8 heteroatoms. The summed E-state index contributed by atoms with van der Waals surface area (Å²) in [6.07, 6.45) is 8.03. The average molecular weight is 479 g/mol. The molecule has 3 heterocycles. The van der Waals surface area contributed by atoms with Crippen molar-refractivity contribution in [1.82, 2.24) is 9.80 Å². The van der Waals surface area contributed by atoms with Crippen molar-refractivity contribution in [2.45, 2.75) is 74.5 Å². The van der Waals surface area contributed by atoms with Crippen molar-refractivity contribution < 1.29 is 24.2 Å². The summed E-state index contributed by atoms with van der Waals surface area (Å²) in [4.78, 5) is 44.1. The molecule has 0 aromatic heterocycles. The van der Waals surface area contributed by atoms with Gasteiger partial charge in [-0.15, -0.1) is 24.9 Å². The average Bonchev–Trinajstić information content (AvgIpc) is 3.42. The zero-order valence-corrected chi connectivity index (χ0v) is 20.7. The van der Waals surface area contributed by atoms with Crippen LogP contribution in [0.5, 0.6) is 0 Å². The van der Waals surface area contributed by atoms with Crippen molar-refractivity contribution in [3.05, 3.63) is 25.3 Å². The number of likely N-dealkylation sites (tertiary alicyclic amines) is 1. The van der Waals surface area contributed by atoms with Crippen LogP contribution in [0.1, 0.15) is 52.4 Å². The van der Waals surface area contributed by atoms with E-state index in [1.807, 2.05) is 19.9 Å². The summed E-state index contributed by atoms with van der Waals surface area (Å²) in [6.45, 7) is 12.4. The number of hydrogen-bond acceptors (Lipinski definition) is 6. The summed E-state index contributed by atoms with van der Waals surface area (Å²) in [5.41, 5.74) is 0. The molecule has 2 amide bonds. The minimum atomic E-state index is -0.635. The molecule has 0 saturated carbocycles. The van der Waals surface area contributed by atoms with E-state index in [4.69, 9.17) is 4.74 Å². The summed E-state index contributed by atoms with van der Waals surface area (Å²) in [7, 11) is 0. The van der Waals surface area contributed by atoms with Crippen LogP contribution in [0.2, 0.25) is 0 Å². The molecule has 3 saturated heterocycles. The number of carbonyl (C=O) groups is 3. The van der Waals surface area contributed by atoms with Gasteiger partial charge in [-0.3, -0.25) is 14.4 Å². The fourth-order valence-corrected chi connectivity index (χ4v) is 7.89. The maximum absolute atomic E-state index is 13.9. The summed E-state index contributed by atoms with van der Waals surface area (Å²) in [6, 6.07) is -0.676. The molecule has 0 aromatic rings. The maximum Gasteiger partial charge on any atom is 0.310 e. The Kier molecular flexibility index (Phi) is 8.67. The Balaban J connectivity index is 1.87. The number of rotatable bonds is 13. The first-order chi connectivity index (χ1) is 15.8. The lowest BCUT2D eigenvalue weighted by Gasteiger charge is -2.38. The summed E-state index contributed by atoms with van der Waals surface area (Å²) < 4.78 is 4.99. The monoisotopic (exact) mass is 478 g/mol. The number of aliphatic hydroxyl groups is 1. The smallest absolute Gasteiger partial charge is 0.310 e. The summed E-state index contributed by atoms with van der Waals surface area (Å²) in [5, 5.41) is 9.42. The first-order valence-corrected chi connectivity index (χ1v) is 13.0. The topological polar surface area (TPSA) is 87.2 Å². The summed E-state index contributed by atoms with van der Waals surface area (Å²) in [5.74, 6) is -1.62. The molecule has 184 valence electrons. The molecule has 33 heavy (non-hydrogen) atoms. The highest BCUT2D eigenvalue weighted by Gasteiger charge is 2.74. The van der Waals surface area contributed by atoms with E-state index >= 15 is 0 Å². The number of amides is 2. The van der Waals surface area contributed by atoms with Crippen LogP contribution in [0.4, 0.5) is 0 Å². The highest BCUT2D eigenvalue weighted by Crippen LogP contribution is 2.66. The van der Waals surface area contributed by atoms with Gasteiger partial charge in [0, 0.05) is 31.0 Å². The number of nitrogens with zero attached hydrogens (tertiary/aromatic N) is 2. The molecule has 5 atom stereocenters. The van der Waals surface area contributed by atoms with Crippen LogP contribution in [0.25, 0.3) is 0 Å². The van der Waals surface area contributed by atoms with E-state index in [1.165, 1.54) is 0 Å². The number of ether oxygens (including phenoxy) is 1. The van der Waals surface area contributed by atoms with Crippen LogP contribution in [0.15, 0.2) is 25.3 Å². The summed E-state index contributed by atoms with van der Waals surface area (Å²) >= 11 is 1.65. The number of thioether (sulfide) groups is 1. The third-order valence-corrected chi connectivity index (χ3v) is 9.09. The third kappa shape index (κ3) is 4.74. The fraction of sp³-hybridized carbons (Fsp3) is 0.720. The van der Waals surface area contributed by atoms with Crippen molar-refractivity contribution in [2.75, 3.05) is 26.3 Å². The van der Waals surface area contributed by atoms with Crippen LogP contribution in [0, 0.1) is 11.8 Å². The Morgan fingerprint density at radius 2 is 2.06 bits per heavy atom. The van der Waals surface area contributed by atoms with E-state index < -0.39 is 22.6 Å². The first kappa shape index (κ1) is 25.8. The molecule has 7 nitrogen and oxygen atoms in total. The predicted molar refractivity (Wildman–Crippen MR) is 130 cm³/mol. The van der Waals surface area contributed by atoms with Gasteiger partial charge in [0.1, 0.15) is 6.04 Å². The van der Waals surface area contributed by atoms with Crippen molar-refractivity contribution in [3.8, 4) is 0 Å². The Morgan fingerprint density at radius 1 is 1.30 bits per heavy atom. The number of unbranched alkanes of at least 4 members (excludes halogenated alkanes) is 2. The predicted octanol–water partition coefficient (Wildman–Crippen LogP) is 2.78. The zero-order chi connectivity index (χ0) is 24.2. The van der Waals surface area contributed by atoms with E-state index in [1.54, 1.807) is 27.6 Å². The SMILES string of the molecule is C=CCCCCOC(=O)[C@@H]1[C@@H]2CCC3(S2)C(C(=O)N(CC=C)C(C)C)N(CCCO)C(=O)[C@H]13. The van der Waals surface area contributed by atoms with E-state index in [9.17, 15) is 19.5 Å². The van der Waals surface area contributed by atoms with Crippen LogP contribution < -0.4 is 0 Å². The number of carbonyl (C=O) groups excluding carboxylic acids is 3. The molecule has 3 fully saturated rings. The van der Waals surface area contributed by atoms with Crippen LogP contribution in [-0.2, 0) is 19.1 Å². The van der Waals surface area contributed by atoms with Gasteiger partial charge in [0.05, 0.1) is 23.2 Å². The standard InChI is InChI=1S/C25H38N2O5S/c1-5-7-8-9-16-32-24(31)19-18-11-12-25(33-18)20(19)22(29)27(14-10-15-28)21(25)23(30)26(13-6-2)17(3)4/h5-6,17-21,28H,1-2,7-16H2,3-4H3/t18-,19+,20-,21?,25?/m0/s1. The second-order valence-corrected chi connectivity index (χ2v) is 11.1. The van der Waals surface area contributed by atoms with Gasteiger partial charge in [0.2, 0.25) is 11.8 Å².